The van der Waals surface area contributed by atoms with Crippen molar-refractivity contribution in [1.29, 1.82) is 0 Å². The van der Waals surface area contributed by atoms with E-state index in [2.05, 4.69) is 20.1 Å². The molecule has 9 nitrogen and oxygen atoms in total. The number of amides is 1. The summed E-state index contributed by atoms with van der Waals surface area (Å²) < 4.78 is 45.1. The standard InChI is InChI=1S/C23H30FN5O4S/c24-20-3-1-19(2-4-20)7-8-25-23(30)18-27-9-11-28(12-10-27)22-6-5-21(17-26-22)34(31,32)29-13-15-33-16-14-29/h1-6,17H,7-16,18H2,(H,25,30). The number of carbonyl (C=O) groups is 1. The highest BCUT2D eigenvalue weighted by Crippen LogP contribution is 2.20. The second kappa shape index (κ2) is 11.2. The van der Waals surface area contributed by atoms with Crippen LogP contribution in [0.25, 0.3) is 0 Å². The summed E-state index contributed by atoms with van der Waals surface area (Å²) in [5, 5.41) is 2.91. The van der Waals surface area contributed by atoms with Crippen molar-refractivity contribution in [3.05, 3.63) is 54.0 Å². The average Bonchev–Trinajstić information content (AvgIpc) is 2.86. The van der Waals surface area contributed by atoms with Gasteiger partial charge in [-0.1, -0.05) is 12.1 Å². The molecule has 2 saturated heterocycles. The monoisotopic (exact) mass is 491 g/mol. The number of nitrogens with zero attached hydrogens (tertiary/aromatic N) is 4. The summed E-state index contributed by atoms with van der Waals surface area (Å²) in [6.45, 7) is 5.16. The van der Waals surface area contributed by atoms with Crippen LogP contribution in [0.5, 0.6) is 0 Å². The van der Waals surface area contributed by atoms with Gasteiger partial charge in [0.15, 0.2) is 0 Å². The zero-order chi connectivity index (χ0) is 24.0. The molecule has 4 rings (SSSR count). The van der Waals surface area contributed by atoms with Crippen molar-refractivity contribution in [3.63, 3.8) is 0 Å². The molecule has 2 aliphatic heterocycles. The maximum absolute atomic E-state index is 13.0. The third kappa shape index (κ3) is 6.29. The number of carbonyl (C=O) groups excluding carboxylic acids is 1. The Kier molecular flexibility index (Phi) is 8.09. The zero-order valence-electron chi connectivity index (χ0n) is 19.0. The van der Waals surface area contributed by atoms with Crippen molar-refractivity contribution in [1.82, 2.24) is 19.5 Å². The lowest BCUT2D eigenvalue weighted by molar-refractivity contribution is -0.122. The van der Waals surface area contributed by atoms with Gasteiger partial charge in [0.2, 0.25) is 15.9 Å². The van der Waals surface area contributed by atoms with E-state index in [0.717, 1.165) is 11.4 Å². The molecule has 2 aliphatic rings. The molecule has 0 spiro atoms. The van der Waals surface area contributed by atoms with Crippen LogP contribution in [-0.4, -0.2) is 94.1 Å². The number of halogens is 1. The topological polar surface area (TPSA) is 95.1 Å². The van der Waals surface area contributed by atoms with Gasteiger partial charge in [0.05, 0.1) is 19.8 Å². The number of sulfonamides is 1. The van der Waals surface area contributed by atoms with Gasteiger partial charge in [0.1, 0.15) is 16.5 Å². The number of hydrogen-bond donors (Lipinski definition) is 1. The average molecular weight is 492 g/mol. The normalized spacial score (nSPS) is 18.1. The zero-order valence-corrected chi connectivity index (χ0v) is 19.8. The minimum atomic E-state index is -3.56. The van der Waals surface area contributed by atoms with Crippen LogP contribution in [0.4, 0.5) is 10.2 Å². The molecular formula is C23H30FN5O4S. The van der Waals surface area contributed by atoms with E-state index in [1.54, 1.807) is 24.3 Å². The number of benzene rings is 1. The Labute approximate surface area is 199 Å². The number of morpholine rings is 1. The number of nitrogens with one attached hydrogen (secondary N) is 1. The number of aromatic nitrogens is 1. The molecule has 184 valence electrons. The number of hydrogen-bond acceptors (Lipinski definition) is 7. The summed E-state index contributed by atoms with van der Waals surface area (Å²) in [5.41, 5.74) is 0.978. The largest absolute Gasteiger partial charge is 0.379 e. The first kappa shape index (κ1) is 24.5. The van der Waals surface area contributed by atoms with Crippen molar-refractivity contribution in [2.45, 2.75) is 11.3 Å². The maximum atomic E-state index is 13.0. The first-order valence-electron chi connectivity index (χ1n) is 11.4. The predicted molar refractivity (Wildman–Crippen MR) is 126 cm³/mol. The van der Waals surface area contributed by atoms with Gasteiger partial charge in [-0.15, -0.1) is 0 Å². The second-order valence-corrected chi connectivity index (χ2v) is 10.3. The van der Waals surface area contributed by atoms with Crippen molar-refractivity contribution < 1.29 is 22.3 Å². The van der Waals surface area contributed by atoms with Gasteiger partial charge >= 0.3 is 0 Å². The number of ether oxygens (including phenoxy) is 1. The van der Waals surface area contributed by atoms with Crippen LogP contribution in [0.3, 0.4) is 0 Å². The molecule has 0 bridgehead atoms. The summed E-state index contributed by atoms with van der Waals surface area (Å²) in [6, 6.07) is 9.63. The minimum Gasteiger partial charge on any atom is -0.379 e. The molecule has 0 saturated carbocycles. The highest BCUT2D eigenvalue weighted by atomic mass is 32.2. The van der Waals surface area contributed by atoms with Gasteiger partial charge in [0.25, 0.3) is 0 Å². The third-order valence-electron chi connectivity index (χ3n) is 6.04. The van der Waals surface area contributed by atoms with E-state index < -0.39 is 10.0 Å². The van der Waals surface area contributed by atoms with Crippen LogP contribution < -0.4 is 10.2 Å². The molecule has 1 aromatic heterocycles. The molecular weight excluding hydrogens is 461 g/mol. The fourth-order valence-electron chi connectivity index (χ4n) is 4.04. The smallest absolute Gasteiger partial charge is 0.244 e. The van der Waals surface area contributed by atoms with Crippen LogP contribution in [0, 0.1) is 5.82 Å². The van der Waals surface area contributed by atoms with Crippen LogP contribution in [-0.2, 0) is 26.0 Å². The Morgan fingerprint density at radius 1 is 1.00 bits per heavy atom. The molecule has 11 heteroatoms. The van der Waals surface area contributed by atoms with Gasteiger partial charge in [-0.3, -0.25) is 9.69 Å². The number of anilines is 1. The van der Waals surface area contributed by atoms with E-state index in [4.69, 9.17) is 4.74 Å². The fraction of sp³-hybridized carbons (Fsp3) is 0.478. The number of rotatable bonds is 8. The van der Waals surface area contributed by atoms with Gasteiger partial charge in [0, 0.05) is 52.0 Å². The highest BCUT2D eigenvalue weighted by molar-refractivity contribution is 7.89. The highest BCUT2D eigenvalue weighted by Gasteiger charge is 2.27. The van der Waals surface area contributed by atoms with Crippen molar-refractivity contribution >= 4 is 21.7 Å². The fourth-order valence-corrected chi connectivity index (χ4v) is 5.39. The Morgan fingerprint density at radius 3 is 2.35 bits per heavy atom. The van der Waals surface area contributed by atoms with Crippen molar-refractivity contribution in [3.8, 4) is 0 Å². The quantitative estimate of drug-likeness (QED) is 0.582. The summed E-state index contributed by atoms with van der Waals surface area (Å²) in [5.74, 6) is 0.423. The number of pyridine rings is 1. The molecule has 1 amide bonds. The van der Waals surface area contributed by atoms with E-state index >= 15 is 0 Å². The van der Waals surface area contributed by atoms with Crippen molar-refractivity contribution in [2.24, 2.45) is 0 Å². The van der Waals surface area contributed by atoms with Crippen molar-refractivity contribution in [2.75, 3.05) is 70.5 Å². The lowest BCUT2D eigenvalue weighted by Gasteiger charge is -2.35. The van der Waals surface area contributed by atoms with E-state index in [0.29, 0.717) is 72.0 Å². The maximum Gasteiger partial charge on any atom is 0.244 e. The van der Waals surface area contributed by atoms with Crippen LogP contribution in [0.1, 0.15) is 5.56 Å². The van der Waals surface area contributed by atoms with Gasteiger partial charge < -0.3 is 15.0 Å². The van der Waals surface area contributed by atoms with E-state index in [1.807, 2.05) is 0 Å². The molecule has 2 aromatic rings. The summed E-state index contributed by atoms with van der Waals surface area (Å²) in [7, 11) is -3.56. The Balaban J connectivity index is 1.21. The molecule has 1 aromatic carbocycles. The Morgan fingerprint density at radius 2 is 1.71 bits per heavy atom. The van der Waals surface area contributed by atoms with Crippen LogP contribution in [0.15, 0.2) is 47.5 Å². The van der Waals surface area contributed by atoms with E-state index in [9.17, 15) is 17.6 Å². The molecule has 1 N–H and O–H groups in total. The molecule has 2 fully saturated rings. The first-order chi connectivity index (χ1) is 16.4. The van der Waals surface area contributed by atoms with Crippen LogP contribution in [0.2, 0.25) is 0 Å². The predicted octanol–water partition coefficient (Wildman–Crippen LogP) is 0.723. The third-order valence-corrected chi connectivity index (χ3v) is 7.92. The molecule has 34 heavy (non-hydrogen) atoms. The summed E-state index contributed by atoms with van der Waals surface area (Å²) in [4.78, 5) is 21.0. The second-order valence-electron chi connectivity index (χ2n) is 8.36. The molecule has 0 atom stereocenters. The summed E-state index contributed by atoms with van der Waals surface area (Å²) >= 11 is 0. The molecule has 3 heterocycles. The van der Waals surface area contributed by atoms with Gasteiger partial charge in [-0.2, -0.15) is 4.31 Å². The summed E-state index contributed by atoms with van der Waals surface area (Å²) in [6.07, 6.45) is 2.07. The lowest BCUT2D eigenvalue weighted by Crippen LogP contribution is -2.49. The van der Waals surface area contributed by atoms with E-state index in [-0.39, 0.29) is 16.6 Å². The van der Waals surface area contributed by atoms with E-state index in [1.165, 1.54) is 22.6 Å². The first-order valence-corrected chi connectivity index (χ1v) is 12.9. The van der Waals surface area contributed by atoms with Crippen LogP contribution >= 0.6 is 0 Å². The Hall–Kier alpha value is -2.60. The molecule has 0 aliphatic carbocycles. The van der Waals surface area contributed by atoms with Gasteiger partial charge in [-0.25, -0.2) is 17.8 Å². The Bertz CT molecular complexity index is 1050. The lowest BCUT2D eigenvalue weighted by atomic mass is 10.1. The molecule has 0 unspecified atom stereocenters. The minimum absolute atomic E-state index is 0.0358. The SMILES string of the molecule is O=C(CN1CCN(c2ccc(S(=O)(=O)N3CCOCC3)cn2)CC1)NCCc1ccc(F)cc1. The number of piperazine rings is 1. The van der Waals surface area contributed by atoms with Gasteiger partial charge in [-0.05, 0) is 36.2 Å². The molecule has 0 radical (unpaired) electrons.